The van der Waals surface area contributed by atoms with E-state index in [1.807, 2.05) is 36.4 Å². The van der Waals surface area contributed by atoms with Crippen molar-refractivity contribution in [3.05, 3.63) is 64.1 Å². The summed E-state index contributed by atoms with van der Waals surface area (Å²) in [5, 5.41) is 22.8. The number of aliphatic hydroxyl groups excluding tert-OH is 1. The molecule has 0 saturated heterocycles. The van der Waals surface area contributed by atoms with Crippen molar-refractivity contribution in [2.24, 2.45) is 0 Å². The molecule has 0 spiro atoms. The van der Waals surface area contributed by atoms with Gasteiger partial charge in [0.05, 0.1) is 6.10 Å². The summed E-state index contributed by atoms with van der Waals surface area (Å²) in [6.07, 6.45) is -0.566. The van der Waals surface area contributed by atoms with Gasteiger partial charge in [0.2, 0.25) is 0 Å². The van der Waals surface area contributed by atoms with Crippen LogP contribution in [0.3, 0.4) is 0 Å². The molecule has 0 saturated carbocycles. The van der Waals surface area contributed by atoms with E-state index < -0.39 is 6.10 Å². The lowest BCUT2D eigenvalue weighted by Gasteiger charge is -2.13. The molecule has 0 fully saturated rings. The summed E-state index contributed by atoms with van der Waals surface area (Å²) >= 11 is 3.38. The average molecular weight is 322 g/mol. The van der Waals surface area contributed by atoms with E-state index in [-0.39, 0.29) is 5.75 Å². The summed E-state index contributed by atoms with van der Waals surface area (Å²) < 4.78 is 0.949. The molecule has 0 radical (unpaired) electrons. The average Bonchev–Trinajstić information content (AvgIpc) is 2.41. The molecule has 1 atom stereocenters. The number of phenolic OH excluding ortho intramolecular Hbond substituents is 1. The van der Waals surface area contributed by atoms with Crippen molar-refractivity contribution < 1.29 is 10.2 Å². The van der Waals surface area contributed by atoms with Gasteiger partial charge in [-0.2, -0.15) is 0 Å². The topological polar surface area (TPSA) is 52.5 Å². The summed E-state index contributed by atoms with van der Waals surface area (Å²) in [7, 11) is 0. The summed E-state index contributed by atoms with van der Waals surface area (Å²) in [5.41, 5.74) is 1.68. The Morgan fingerprint density at radius 1 is 1.11 bits per heavy atom. The van der Waals surface area contributed by atoms with E-state index in [1.165, 1.54) is 0 Å². The molecule has 0 amide bonds. The third-order valence-corrected chi connectivity index (χ3v) is 3.37. The van der Waals surface area contributed by atoms with Gasteiger partial charge >= 0.3 is 0 Å². The normalized spacial score (nSPS) is 12.3. The van der Waals surface area contributed by atoms with E-state index in [9.17, 15) is 10.2 Å². The SMILES string of the molecule is Oc1ccccc1CNCC(O)c1cccc(Br)c1. The van der Waals surface area contributed by atoms with E-state index in [1.54, 1.807) is 12.1 Å². The first-order valence-electron chi connectivity index (χ1n) is 6.08. The van der Waals surface area contributed by atoms with Crippen LogP contribution in [0.5, 0.6) is 5.75 Å². The van der Waals surface area contributed by atoms with E-state index in [0.717, 1.165) is 15.6 Å². The Morgan fingerprint density at radius 2 is 1.89 bits per heavy atom. The number of hydrogen-bond donors (Lipinski definition) is 3. The van der Waals surface area contributed by atoms with Crippen LogP contribution < -0.4 is 5.32 Å². The summed E-state index contributed by atoms with van der Waals surface area (Å²) in [5.74, 6) is 0.270. The van der Waals surface area contributed by atoms with Gasteiger partial charge in [-0.3, -0.25) is 0 Å². The quantitative estimate of drug-likeness (QED) is 0.793. The van der Waals surface area contributed by atoms with Gasteiger partial charge in [0.25, 0.3) is 0 Å². The molecule has 0 aliphatic heterocycles. The van der Waals surface area contributed by atoms with Crippen LogP contribution in [0.1, 0.15) is 17.2 Å². The predicted octanol–water partition coefficient (Wildman–Crippen LogP) is 2.98. The second-order valence-corrected chi connectivity index (χ2v) is 5.25. The molecule has 0 bridgehead atoms. The highest BCUT2D eigenvalue weighted by Gasteiger charge is 2.07. The first-order chi connectivity index (χ1) is 9.16. The number of halogens is 1. The van der Waals surface area contributed by atoms with Crippen molar-refractivity contribution in [1.29, 1.82) is 0 Å². The van der Waals surface area contributed by atoms with Gasteiger partial charge in [0.1, 0.15) is 5.75 Å². The van der Waals surface area contributed by atoms with Crippen LogP contribution in [-0.2, 0) is 6.54 Å². The summed E-state index contributed by atoms with van der Waals surface area (Å²) in [6.45, 7) is 0.961. The highest BCUT2D eigenvalue weighted by molar-refractivity contribution is 9.10. The molecule has 0 aromatic heterocycles. The van der Waals surface area contributed by atoms with Crippen LogP contribution in [0, 0.1) is 0 Å². The van der Waals surface area contributed by atoms with Crippen molar-refractivity contribution in [1.82, 2.24) is 5.32 Å². The first-order valence-corrected chi connectivity index (χ1v) is 6.87. The van der Waals surface area contributed by atoms with Crippen molar-refractivity contribution in [3.63, 3.8) is 0 Å². The third kappa shape index (κ3) is 4.06. The number of hydrogen-bond acceptors (Lipinski definition) is 3. The summed E-state index contributed by atoms with van der Waals surface area (Å²) in [6, 6.07) is 14.8. The first kappa shape index (κ1) is 14.1. The van der Waals surface area contributed by atoms with Gasteiger partial charge in [-0.25, -0.2) is 0 Å². The van der Waals surface area contributed by atoms with Crippen molar-refractivity contribution in [2.45, 2.75) is 12.6 Å². The number of phenols is 1. The fourth-order valence-corrected chi connectivity index (χ4v) is 2.25. The molecule has 2 aromatic carbocycles. The van der Waals surface area contributed by atoms with E-state index in [4.69, 9.17) is 0 Å². The van der Waals surface area contributed by atoms with Gasteiger partial charge < -0.3 is 15.5 Å². The Morgan fingerprint density at radius 3 is 2.63 bits per heavy atom. The molecule has 2 rings (SSSR count). The zero-order valence-electron chi connectivity index (χ0n) is 10.4. The smallest absolute Gasteiger partial charge is 0.120 e. The molecule has 3 nitrogen and oxygen atoms in total. The van der Waals surface area contributed by atoms with Crippen LogP contribution in [0.25, 0.3) is 0 Å². The van der Waals surface area contributed by atoms with Crippen molar-refractivity contribution >= 4 is 15.9 Å². The predicted molar refractivity (Wildman–Crippen MR) is 78.9 cm³/mol. The Labute approximate surface area is 121 Å². The molecule has 2 aromatic rings. The molecule has 3 N–H and O–H groups in total. The maximum atomic E-state index is 10.0. The maximum Gasteiger partial charge on any atom is 0.120 e. The molecule has 0 aliphatic rings. The molecule has 19 heavy (non-hydrogen) atoms. The minimum atomic E-state index is -0.566. The van der Waals surface area contributed by atoms with E-state index in [2.05, 4.69) is 21.2 Å². The minimum Gasteiger partial charge on any atom is -0.508 e. The lowest BCUT2D eigenvalue weighted by molar-refractivity contribution is 0.174. The Bertz CT molecular complexity index is 545. The van der Waals surface area contributed by atoms with E-state index in [0.29, 0.717) is 13.1 Å². The highest BCUT2D eigenvalue weighted by Crippen LogP contribution is 2.18. The van der Waals surface area contributed by atoms with Crippen LogP contribution in [0.15, 0.2) is 53.0 Å². The van der Waals surface area contributed by atoms with Crippen LogP contribution >= 0.6 is 15.9 Å². The van der Waals surface area contributed by atoms with Crippen LogP contribution in [0.4, 0.5) is 0 Å². The molecule has 0 aliphatic carbocycles. The van der Waals surface area contributed by atoms with Crippen LogP contribution in [-0.4, -0.2) is 16.8 Å². The Balaban J connectivity index is 1.88. The molecular weight excluding hydrogens is 306 g/mol. The zero-order chi connectivity index (χ0) is 13.7. The number of aromatic hydroxyl groups is 1. The molecule has 100 valence electrons. The molecular formula is C15H16BrNO2. The highest BCUT2D eigenvalue weighted by atomic mass is 79.9. The Hall–Kier alpha value is -1.36. The minimum absolute atomic E-state index is 0.270. The van der Waals surface area contributed by atoms with Crippen molar-refractivity contribution in [2.75, 3.05) is 6.54 Å². The number of rotatable bonds is 5. The lowest BCUT2D eigenvalue weighted by atomic mass is 10.1. The number of benzene rings is 2. The van der Waals surface area contributed by atoms with Gasteiger partial charge in [-0.05, 0) is 23.8 Å². The largest absolute Gasteiger partial charge is 0.508 e. The second kappa shape index (κ2) is 6.70. The van der Waals surface area contributed by atoms with Gasteiger partial charge in [0, 0.05) is 23.1 Å². The standard InChI is InChI=1S/C15H16BrNO2/c16-13-6-3-5-11(8-13)15(19)10-17-9-12-4-1-2-7-14(12)18/h1-8,15,17-19H,9-10H2. The maximum absolute atomic E-state index is 10.0. The molecule has 0 heterocycles. The second-order valence-electron chi connectivity index (χ2n) is 4.33. The van der Waals surface area contributed by atoms with Crippen molar-refractivity contribution in [3.8, 4) is 5.75 Å². The fourth-order valence-electron chi connectivity index (χ4n) is 1.84. The van der Waals surface area contributed by atoms with E-state index >= 15 is 0 Å². The fraction of sp³-hybridized carbons (Fsp3) is 0.200. The Kier molecular flexibility index (Phi) is 4.96. The van der Waals surface area contributed by atoms with Gasteiger partial charge in [-0.1, -0.05) is 46.3 Å². The lowest BCUT2D eigenvalue weighted by Crippen LogP contribution is -2.21. The molecule has 4 heteroatoms. The van der Waals surface area contributed by atoms with Gasteiger partial charge in [0.15, 0.2) is 0 Å². The number of nitrogens with one attached hydrogen (secondary N) is 1. The molecule has 1 unspecified atom stereocenters. The summed E-state index contributed by atoms with van der Waals surface area (Å²) in [4.78, 5) is 0. The number of aliphatic hydroxyl groups is 1. The monoisotopic (exact) mass is 321 g/mol. The van der Waals surface area contributed by atoms with Crippen LogP contribution in [0.2, 0.25) is 0 Å². The zero-order valence-corrected chi connectivity index (χ0v) is 12.0. The third-order valence-electron chi connectivity index (χ3n) is 2.88. The van der Waals surface area contributed by atoms with Gasteiger partial charge in [-0.15, -0.1) is 0 Å². The number of para-hydroxylation sites is 1.